The van der Waals surface area contributed by atoms with Crippen LogP contribution in [0.5, 0.6) is 0 Å². The van der Waals surface area contributed by atoms with Crippen LogP contribution in [0.25, 0.3) is 0 Å². The third kappa shape index (κ3) is 3.25. The normalized spacial score (nSPS) is 26.1. The minimum Gasteiger partial charge on any atom is -0.356 e. The second kappa shape index (κ2) is 6.05. The smallest absolute Gasteiger partial charge is 0.226 e. The van der Waals surface area contributed by atoms with E-state index in [0.717, 1.165) is 51.2 Å². The summed E-state index contributed by atoms with van der Waals surface area (Å²) in [7, 11) is 0. The van der Waals surface area contributed by atoms with Crippen LogP contribution in [0.15, 0.2) is 0 Å². The molecule has 1 saturated heterocycles. The summed E-state index contributed by atoms with van der Waals surface area (Å²) in [5.41, 5.74) is -0.0118. The highest BCUT2D eigenvalue weighted by Crippen LogP contribution is 2.46. The Hall–Kier alpha value is -0.570. The van der Waals surface area contributed by atoms with E-state index >= 15 is 0 Å². The first kappa shape index (κ1) is 13.9. The number of rotatable bonds is 6. The zero-order valence-corrected chi connectivity index (χ0v) is 11.9. The van der Waals surface area contributed by atoms with Gasteiger partial charge in [-0.25, -0.2) is 0 Å². The number of carbonyl (C=O) groups is 1. The van der Waals surface area contributed by atoms with Crippen molar-refractivity contribution in [2.45, 2.75) is 52.4 Å². The van der Waals surface area contributed by atoms with Gasteiger partial charge in [0.25, 0.3) is 0 Å². The molecule has 0 bridgehead atoms. The first-order chi connectivity index (χ1) is 8.62. The molecule has 0 spiro atoms. The Labute approximate surface area is 111 Å². The molecule has 1 aliphatic carbocycles. The van der Waals surface area contributed by atoms with Gasteiger partial charge in [0.05, 0.1) is 0 Å². The predicted octanol–water partition coefficient (Wildman–Crippen LogP) is 2.32. The lowest BCUT2D eigenvalue weighted by molar-refractivity contribution is -0.137. The van der Waals surface area contributed by atoms with Crippen molar-refractivity contribution in [2.24, 2.45) is 17.3 Å². The van der Waals surface area contributed by atoms with Crippen molar-refractivity contribution in [3.8, 4) is 0 Å². The maximum atomic E-state index is 12.3. The second-order valence-corrected chi connectivity index (χ2v) is 6.64. The van der Waals surface area contributed by atoms with E-state index in [4.69, 9.17) is 0 Å². The van der Waals surface area contributed by atoms with Crippen molar-refractivity contribution in [3.05, 3.63) is 0 Å². The van der Waals surface area contributed by atoms with E-state index in [-0.39, 0.29) is 5.41 Å². The first-order valence-corrected chi connectivity index (χ1v) is 7.61. The predicted molar refractivity (Wildman–Crippen MR) is 74.3 cm³/mol. The van der Waals surface area contributed by atoms with Gasteiger partial charge in [-0.15, -0.1) is 0 Å². The number of hydrogen-bond donors (Lipinski definition) is 2. The van der Waals surface area contributed by atoms with E-state index in [1.165, 1.54) is 12.8 Å². The average molecular weight is 252 g/mol. The number of carbonyl (C=O) groups excluding carboxylic acids is 1. The minimum atomic E-state index is -0.0118. The summed E-state index contributed by atoms with van der Waals surface area (Å²) in [5, 5.41) is 6.57. The summed E-state index contributed by atoms with van der Waals surface area (Å²) in [5.74, 6) is 1.72. The summed E-state index contributed by atoms with van der Waals surface area (Å²) in [6, 6.07) is 0. The van der Waals surface area contributed by atoms with Gasteiger partial charge in [-0.3, -0.25) is 4.79 Å². The molecule has 2 rings (SSSR count). The molecule has 1 unspecified atom stereocenters. The molecule has 2 aliphatic rings. The monoisotopic (exact) mass is 252 g/mol. The topological polar surface area (TPSA) is 41.1 Å². The molecule has 3 nitrogen and oxygen atoms in total. The fraction of sp³-hybridized carbons (Fsp3) is 0.933. The van der Waals surface area contributed by atoms with Crippen LogP contribution in [0.1, 0.15) is 52.4 Å². The highest BCUT2D eigenvalue weighted by atomic mass is 16.2. The Morgan fingerprint density at radius 3 is 2.72 bits per heavy atom. The van der Waals surface area contributed by atoms with Crippen molar-refractivity contribution in [3.63, 3.8) is 0 Å². The highest BCUT2D eigenvalue weighted by Gasteiger charge is 2.43. The number of nitrogens with one attached hydrogen (secondary N) is 2. The van der Waals surface area contributed by atoms with Gasteiger partial charge >= 0.3 is 0 Å². The highest BCUT2D eigenvalue weighted by molar-refractivity contribution is 5.83. The van der Waals surface area contributed by atoms with Crippen LogP contribution in [-0.2, 0) is 4.79 Å². The van der Waals surface area contributed by atoms with Crippen molar-refractivity contribution in [1.29, 1.82) is 0 Å². The molecular formula is C15H28N2O. The molecule has 104 valence electrons. The Morgan fingerprint density at radius 2 is 2.22 bits per heavy atom. The van der Waals surface area contributed by atoms with Gasteiger partial charge in [-0.05, 0) is 57.0 Å². The molecule has 3 heteroatoms. The molecule has 1 amide bonds. The van der Waals surface area contributed by atoms with E-state index in [0.29, 0.717) is 11.8 Å². The standard InChI is InChI=1S/C15H28N2O/c1-12(2)10-15(6-3-7-15)14(18)17-9-5-13-4-8-16-11-13/h12-13,16H,3-11H2,1-2H3,(H,17,18). The fourth-order valence-electron chi connectivity index (χ4n) is 3.45. The van der Waals surface area contributed by atoms with Crippen LogP contribution in [0.3, 0.4) is 0 Å². The van der Waals surface area contributed by atoms with Crippen LogP contribution in [-0.4, -0.2) is 25.5 Å². The molecular weight excluding hydrogens is 224 g/mol. The molecule has 1 saturated carbocycles. The van der Waals surface area contributed by atoms with E-state index in [9.17, 15) is 4.79 Å². The zero-order chi connectivity index (χ0) is 13.0. The van der Waals surface area contributed by atoms with Crippen LogP contribution >= 0.6 is 0 Å². The molecule has 0 radical (unpaired) electrons. The lowest BCUT2D eigenvalue weighted by Gasteiger charge is -2.41. The minimum absolute atomic E-state index is 0.0118. The van der Waals surface area contributed by atoms with Gasteiger partial charge in [0.1, 0.15) is 0 Å². The Balaban J connectivity index is 1.72. The van der Waals surface area contributed by atoms with Crippen molar-refractivity contribution in [1.82, 2.24) is 10.6 Å². The summed E-state index contributed by atoms with van der Waals surface area (Å²) >= 11 is 0. The molecule has 1 aliphatic heterocycles. The largest absolute Gasteiger partial charge is 0.356 e. The van der Waals surface area contributed by atoms with Crippen molar-refractivity contribution < 1.29 is 4.79 Å². The molecule has 0 aromatic rings. The molecule has 1 atom stereocenters. The average Bonchev–Trinajstić information content (AvgIpc) is 2.76. The molecule has 18 heavy (non-hydrogen) atoms. The molecule has 1 heterocycles. The molecule has 2 N–H and O–H groups in total. The maximum Gasteiger partial charge on any atom is 0.226 e. The van der Waals surface area contributed by atoms with Crippen LogP contribution in [0.4, 0.5) is 0 Å². The maximum absolute atomic E-state index is 12.3. The first-order valence-electron chi connectivity index (χ1n) is 7.61. The van der Waals surface area contributed by atoms with Gasteiger partial charge in [-0.2, -0.15) is 0 Å². The Morgan fingerprint density at radius 1 is 1.44 bits per heavy atom. The lowest BCUT2D eigenvalue weighted by atomic mass is 9.64. The van der Waals surface area contributed by atoms with Gasteiger partial charge < -0.3 is 10.6 Å². The lowest BCUT2D eigenvalue weighted by Crippen LogP contribution is -2.46. The summed E-state index contributed by atoms with van der Waals surface area (Å²) < 4.78 is 0. The van der Waals surface area contributed by atoms with Crippen LogP contribution in [0.2, 0.25) is 0 Å². The van der Waals surface area contributed by atoms with E-state index in [1.807, 2.05) is 0 Å². The van der Waals surface area contributed by atoms with Crippen LogP contribution < -0.4 is 10.6 Å². The summed E-state index contributed by atoms with van der Waals surface area (Å²) in [6.45, 7) is 7.59. The van der Waals surface area contributed by atoms with E-state index < -0.39 is 0 Å². The molecule has 0 aromatic heterocycles. The number of amides is 1. The van der Waals surface area contributed by atoms with E-state index in [2.05, 4.69) is 24.5 Å². The van der Waals surface area contributed by atoms with Crippen LogP contribution in [0, 0.1) is 17.3 Å². The number of hydrogen-bond acceptors (Lipinski definition) is 2. The van der Waals surface area contributed by atoms with Gasteiger partial charge in [0.2, 0.25) is 5.91 Å². The van der Waals surface area contributed by atoms with Crippen molar-refractivity contribution >= 4 is 5.91 Å². The van der Waals surface area contributed by atoms with Gasteiger partial charge in [0.15, 0.2) is 0 Å². The van der Waals surface area contributed by atoms with Gasteiger partial charge in [0, 0.05) is 12.0 Å². The van der Waals surface area contributed by atoms with Gasteiger partial charge in [-0.1, -0.05) is 20.3 Å². The quantitative estimate of drug-likeness (QED) is 0.761. The fourth-order valence-corrected chi connectivity index (χ4v) is 3.45. The Kier molecular flexibility index (Phi) is 4.66. The SMILES string of the molecule is CC(C)CC1(C(=O)NCCC2CCNC2)CCC1. The molecule has 2 fully saturated rings. The van der Waals surface area contributed by atoms with E-state index in [1.54, 1.807) is 0 Å². The second-order valence-electron chi connectivity index (χ2n) is 6.64. The Bertz CT molecular complexity index is 278. The summed E-state index contributed by atoms with van der Waals surface area (Å²) in [6.07, 6.45) is 6.89. The third-order valence-electron chi connectivity index (χ3n) is 4.59. The molecule has 0 aromatic carbocycles. The summed E-state index contributed by atoms with van der Waals surface area (Å²) in [4.78, 5) is 12.3. The third-order valence-corrected chi connectivity index (χ3v) is 4.59. The van der Waals surface area contributed by atoms with Crippen molar-refractivity contribution in [2.75, 3.05) is 19.6 Å². The zero-order valence-electron chi connectivity index (χ0n) is 11.9.